The molecule has 0 amide bonds. The minimum Gasteiger partial charge on any atom is 0 e. The molecule has 5 heavy (non-hydrogen) atoms. The molecular formula is H3CdInOSnZn. The van der Waals surface area contributed by atoms with Crippen molar-refractivity contribution in [2.75, 3.05) is 0 Å². The van der Waals surface area contributed by atoms with Crippen LogP contribution in [0.5, 0.6) is 0 Å². The summed E-state index contributed by atoms with van der Waals surface area (Å²) < 4.78 is 8.34. The van der Waals surface area contributed by atoms with Gasteiger partial charge in [-0.05, 0) is 0 Å². The standard InChI is InChI=1S/Cd.In.O.Sn.Zn.3H. The molecule has 0 N–H and O–H groups in total. The van der Waals surface area contributed by atoms with Crippen molar-refractivity contribution in [1.82, 2.24) is 0 Å². The van der Waals surface area contributed by atoms with Crippen molar-refractivity contribution in [3.05, 3.63) is 0 Å². The molecule has 0 aromatic rings. The van der Waals surface area contributed by atoms with Crippen LogP contribution in [0.1, 0.15) is 0 Å². The van der Waals surface area contributed by atoms with Crippen LogP contribution in [-0.4, -0.2) is 48.4 Å². The zero-order valence-corrected chi connectivity index (χ0v) is 12.2. The SMILES string of the molecule is [Cd].[InH3].[O]=[Sn].[Zn]. The Morgan fingerprint density at radius 1 is 1.20 bits per heavy atom. The first kappa shape index (κ1) is 24.5. The molecule has 0 aliphatic heterocycles. The third kappa shape index (κ3) is 19.4. The monoisotopic (exact) mass is 432 g/mol. The Hall–Kier alpha value is 3.01. The zero-order valence-electron chi connectivity index (χ0n) is 2.32. The van der Waals surface area contributed by atoms with Crippen LogP contribution in [0.15, 0.2) is 0 Å². The fraction of sp³-hybridized carbons (Fsp3) is 0. The Balaban J connectivity index is -0.00000000167. The maximum Gasteiger partial charge on any atom is 0 e. The summed E-state index contributed by atoms with van der Waals surface area (Å²) in [5.74, 6) is 0. The van der Waals surface area contributed by atoms with Crippen molar-refractivity contribution in [1.29, 1.82) is 0 Å². The maximum atomic E-state index is 8.34. The first-order valence-electron chi connectivity index (χ1n) is 0.204. The van der Waals surface area contributed by atoms with E-state index in [1.54, 1.807) is 0 Å². The third-order valence-corrected chi connectivity index (χ3v) is 0. The normalized spacial score (nSPS) is 0.800. The van der Waals surface area contributed by atoms with E-state index in [9.17, 15) is 0 Å². The second-order valence-electron chi connectivity index (χ2n) is 0. The van der Waals surface area contributed by atoms with Crippen molar-refractivity contribution in [2.45, 2.75) is 0 Å². The number of hydrogen-bond donors (Lipinski definition) is 0. The first-order chi connectivity index (χ1) is 1.00. The zero-order chi connectivity index (χ0) is 2.00. The molecule has 0 aromatic heterocycles. The van der Waals surface area contributed by atoms with Crippen LogP contribution in [0.4, 0.5) is 0 Å². The molecule has 0 aliphatic carbocycles. The fourth-order valence-corrected chi connectivity index (χ4v) is 0. The minimum atomic E-state index is 0. The number of rotatable bonds is 0. The van der Waals surface area contributed by atoms with Gasteiger partial charge in [-0.2, -0.15) is 0 Å². The molecule has 0 rings (SSSR count). The first-order valence-corrected chi connectivity index (χ1v) is 1.37. The minimum absolute atomic E-state index is 0. The molecule has 2 radical (unpaired) electrons. The molecule has 5 heteroatoms. The molecule has 0 aromatic carbocycles. The quantitative estimate of drug-likeness (QED) is 0.420. The molecule has 0 heterocycles. The predicted molar refractivity (Wildman–Crippen MR) is 16.4 cm³/mol. The Morgan fingerprint density at radius 3 is 1.20 bits per heavy atom. The van der Waals surface area contributed by atoms with E-state index in [2.05, 4.69) is 0 Å². The van der Waals surface area contributed by atoms with Crippen LogP contribution in [0.2, 0.25) is 0 Å². The second-order valence-corrected chi connectivity index (χ2v) is 0. The van der Waals surface area contributed by atoms with E-state index in [0.717, 1.165) is 0 Å². The van der Waals surface area contributed by atoms with Gasteiger partial charge in [-0.1, -0.05) is 0 Å². The summed E-state index contributed by atoms with van der Waals surface area (Å²) in [4.78, 5) is 0. The molecule has 0 atom stereocenters. The van der Waals surface area contributed by atoms with Gasteiger partial charge in [0.2, 0.25) is 0 Å². The molecule has 0 spiro atoms. The van der Waals surface area contributed by atoms with Crippen molar-refractivity contribution < 1.29 is 49.9 Å². The van der Waals surface area contributed by atoms with Crippen molar-refractivity contribution in [3.8, 4) is 0 Å². The van der Waals surface area contributed by atoms with E-state index < -0.39 is 0 Å². The van der Waals surface area contributed by atoms with Gasteiger partial charge in [-0.25, -0.2) is 0 Å². The fourth-order valence-electron chi connectivity index (χ4n) is 0. The molecule has 0 saturated carbocycles. The van der Waals surface area contributed by atoms with E-state index in [0.29, 0.717) is 22.5 Å². The molecule has 20 valence electrons. The molecule has 1 nitrogen and oxygen atoms in total. The maximum absolute atomic E-state index is 8.34. The van der Waals surface area contributed by atoms with Crippen LogP contribution in [0.3, 0.4) is 0 Å². The van der Waals surface area contributed by atoms with Crippen LogP contribution in [0.25, 0.3) is 0 Å². The molecule has 0 aliphatic rings. The second kappa shape index (κ2) is 27.9. The van der Waals surface area contributed by atoms with Gasteiger partial charge in [-0.3, -0.25) is 0 Å². The van der Waals surface area contributed by atoms with Gasteiger partial charge in [0.1, 0.15) is 0 Å². The summed E-state index contributed by atoms with van der Waals surface area (Å²) in [5, 5.41) is 0. The van der Waals surface area contributed by atoms with Crippen LogP contribution < -0.4 is 0 Å². The summed E-state index contributed by atoms with van der Waals surface area (Å²) in [6, 6.07) is 0. The predicted octanol–water partition coefficient (Wildman–Crippen LogP) is -1.69. The Morgan fingerprint density at radius 2 is 1.20 bits per heavy atom. The van der Waals surface area contributed by atoms with Crippen LogP contribution >= 0.6 is 0 Å². The van der Waals surface area contributed by atoms with E-state index >= 15 is 0 Å². The third-order valence-electron chi connectivity index (χ3n) is 0. The summed E-state index contributed by atoms with van der Waals surface area (Å²) in [6.45, 7) is 0. The van der Waals surface area contributed by atoms with E-state index in [-0.39, 0.29) is 72.6 Å². The van der Waals surface area contributed by atoms with Gasteiger partial charge in [0.15, 0.2) is 0 Å². The van der Waals surface area contributed by atoms with Gasteiger partial charge in [0.05, 0.1) is 0 Å². The van der Waals surface area contributed by atoms with E-state index in [1.807, 2.05) is 0 Å². The molecule has 0 saturated heterocycles. The average molecular weight is 430 g/mol. The van der Waals surface area contributed by atoms with Crippen molar-refractivity contribution in [3.63, 3.8) is 0 Å². The van der Waals surface area contributed by atoms with Gasteiger partial charge in [0, 0.05) is 46.8 Å². The summed E-state index contributed by atoms with van der Waals surface area (Å²) >= 11 is 0.300. The largest absolute Gasteiger partial charge is 0 e. The Labute approximate surface area is 96.2 Å². The Kier molecular flexibility index (Phi) is 137. The number of hydrogen-bond acceptors (Lipinski definition) is 1. The van der Waals surface area contributed by atoms with Gasteiger partial charge in [0.25, 0.3) is 0 Å². The average Bonchev–Trinajstić information content (AvgIpc) is 1.00. The smallest absolute Gasteiger partial charge is 0 e. The van der Waals surface area contributed by atoms with Gasteiger partial charge < -0.3 is 0 Å². The van der Waals surface area contributed by atoms with Gasteiger partial charge >= 0.3 is 51.4 Å². The van der Waals surface area contributed by atoms with Crippen molar-refractivity contribution >= 4 is 48.4 Å². The summed E-state index contributed by atoms with van der Waals surface area (Å²) in [7, 11) is 0. The van der Waals surface area contributed by atoms with Crippen molar-refractivity contribution in [2.24, 2.45) is 0 Å². The Bertz CT molecular complexity index is 11.6. The summed E-state index contributed by atoms with van der Waals surface area (Å²) in [6.07, 6.45) is 0. The molecular weight excluding hydrogens is 427 g/mol. The van der Waals surface area contributed by atoms with E-state index in [4.69, 9.17) is 3.08 Å². The molecule has 0 unspecified atom stereocenters. The topological polar surface area (TPSA) is 17.1 Å². The molecule has 0 fully saturated rings. The van der Waals surface area contributed by atoms with Crippen LogP contribution in [0, 0.1) is 0 Å². The molecule has 0 bridgehead atoms. The summed E-state index contributed by atoms with van der Waals surface area (Å²) in [5.41, 5.74) is 0. The van der Waals surface area contributed by atoms with E-state index in [1.165, 1.54) is 0 Å². The van der Waals surface area contributed by atoms with Crippen LogP contribution in [-0.2, 0) is 49.9 Å². The van der Waals surface area contributed by atoms with Gasteiger partial charge in [-0.15, -0.1) is 0 Å².